The van der Waals surface area contributed by atoms with Crippen molar-refractivity contribution in [1.29, 1.82) is 0 Å². The molecule has 3 aromatic rings. The zero-order valence-electron chi connectivity index (χ0n) is 20.7. The molecule has 196 valence electrons. The molecular formula is C29H27NO6S2. The van der Waals surface area contributed by atoms with Crippen LogP contribution >= 0.6 is 23.5 Å². The Hall–Kier alpha value is -3.27. The van der Waals surface area contributed by atoms with Crippen LogP contribution < -0.4 is 18.9 Å². The van der Waals surface area contributed by atoms with Crippen molar-refractivity contribution < 1.29 is 28.5 Å². The molecule has 3 aliphatic rings. The van der Waals surface area contributed by atoms with Crippen molar-refractivity contribution in [3.05, 3.63) is 66.2 Å². The minimum absolute atomic E-state index is 0.00157. The number of carbonyl (C=O) groups is 1. The fraction of sp³-hybridized carbons (Fsp3) is 0.276. The number of nitrogens with zero attached hydrogens (tertiary/aromatic N) is 1. The molecule has 38 heavy (non-hydrogen) atoms. The Bertz CT molecular complexity index is 1350. The van der Waals surface area contributed by atoms with Gasteiger partial charge in [0.05, 0.1) is 13.2 Å². The molecule has 0 N–H and O–H groups in total. The SMILES string of the molecule is O=C(C=Cc1ccc(Sc2ccc3c(c2)OCCO3)cc1Sc1ccc2c(c1)OCCO2)N1CCOCC1. The van der Waals surface area contributed by atoms with Crippen molar-refractivity contribution in [2.45, 2.75) is 19.6 Å². The zero-order valence-corrected chi connectivity index (χ0v) is 22.4. The zero-order chi connectivity index (χ0) is 25.7. The molecule has 0 aliphatic carbocycles. The molecule has 0 aromatic heterocycles. The van der Waals surface area contributed by atoms with Crippen molar-refractivity contribution in [3.8, 4) is 23.0 Å². The monoisotopic (exact) mass is 549 g/mol. The second-order valence-electron chi connectivity index (χ2n) is 8.79. The van der Waals surface area contributed by atoms with Crippen LogP contribution in [0.15, 0.2) is 80.3 Å². The number of benzene rings is 3. The van der Waals surface area contributed by atoms with E-state index in [9.17, 15) is 4.79 Å². The number of fused-ring (bicyclic) bond motifs is 2. The van der Waals surface area contributed by atoms with Gasteiger partial charge in [-0.05, 0) is 60.2 Å². The molecule has 3 aliphatic heterocycles. The van der Waals surface area contributed by atoms with Crippen LogP contribution in [0.3, 0.4) is 0 Å². The first-order valence-corrected chi connectivity index (χ1v) is 14.2. The topological polar surface area (TPSA) is 66.5 Å². The molecule has 9 heteroatoms. The number of ether oxygens (including phenoxy) is 5. The van der Waals surface area contributed by atoms with Crippen LogP contribution in [0.5, 0.6) is 23.0 Å². The Labute approximate surface area is 230 Å². The molecule has 1 amide bonds. The highest BCUT2D eigenvalue weighted by atomic mass is 32.2. The van der Waals surface area contributed by atoms with E-state index >= 15 is 0 Å². The first-order chi connectivity index (χ1) is 18.7. The molecule has 0 atom stereocenters. The number of morpholine rings is 1. The molecule has 0 saturated carbocycles. The number of hydrogen-bond acceptors (Lipinski definition) is 8. The summed E-state index contributed by atoms with van der Waals surface area (Å²) < 4.78 is 28.3. The number of hydrogen-bond donors (Lipinski definition) is 0. The number of rotatable bonds is 6. The maximum absolute atomic E-state index is 12.7. The Balaban J connectivity index is 1.27. The van der Waals surface area contributed by atoms with Gasteiger partial charge in [0.1, 0.15) is 26.4 Å². The molecule has 0 radical (unpaired) electrons. The third kappa shape index (κ3) is 5.90. The van der Waals surface area contributed by atoms with Gasteiger partial charge in [0.15, 0.2) is 23.0 Å². The molecule has 6 rings (SSSR count). The highest BCUT2D eigenvalue weighted by Crippen LogP contribution is 2.41. The molecule has 0 unspecified atom stereocenters. The van der Waals surface area contributed by atoms with Crippen LogP contribution in [-0.4, -0.2) is 63.5 Å². The smallest absolute Gasteiger partial charge is 0.246 e. The van der Waals surface area contributed by atoms with Crippen molar-refractivity contribution in [1.82, 2.24) is 4.90 Å². The second kappa shape index (κ2) is 11.6. The minimum Gasteiger partial charge on any atom is -0.486 e. The first-order valence-electron chi connectivity index (χ1n) is 12.6. The molecule has 0 spiro atoms. The van der Waals surface area contributed by atoms with Crippen molar-refractivity contribution >= 4 is 35.5 Å². The van der Waals surface area contributed by atoms with E-state index in [4.69, 9.17) is 23.7 Å². The van der Waals surface area contributed by atoms with Gasteiger partial charge in [0.25, 0.3) is 0 Å². The van der Waals surface area contributed by atoms with Crippen LogP contribution in [0, 0.1) is 0 Å². The van der Waals surface area contributed by atoms with Gasteiger partial charge in [0.2, 0.25) is 5.91 Å². The lowest BCUT2D eigenvalue weighted by molar-refractivity contribution is -0.129. The van der Waals surface area contributed by atoms with Crippen LogP contribution in [-0.2, 0) is 9.53 Å². The van der Waals surface area contributed by atoms with E-state index in [0.717, 1.165) is 48.1 Å². The van der Waals surface area contributed by atoms with Gasteiger partial charge in [0, 0.05) is 38.7 Å². The van der Waals surface area contributed by atoms with Crippen molar-refractivity contribution in [2.75, 3.05) is 52.7 Å². The average molecular weight is 550 g/mol. The molecule has 1 saturated heterocycles. The van der Waals surface area contributed by atoms with Crippen LogP contribution in [0.25, 0.3) is 6.08 Å². The van der Waals surface area contributed by atoms with E-state index in [0.29, 0.717) is 52.7 Å². The first kappa shape index (κ1) is 25.0. The fourth-order valence-corrected chi connectivity index (χ4v) is 6.25. The van der Waals surface area contributed by atoms with Gasteiger partial charge in [-0.2, -0.15) is 0 Å². The Morgan fingerprint density at radius 2 is 1.21 bits per heavy atom. The van der Waals surface area contributed by atoms with E-state index in [-0.39, 0.29) is 5.91 Å². The second-order valence-corrected chi connectivity index (χ2v) is 11.0. The molecule has 1 fully saturated rings. The summed E-state index contributed by atoms with van der Waals surface area (Å²) in [6.45, 7) is 4.63. The summed E-state index contributed by atoms with van der Waals surface area (Å²) in [5.74, 6) is 3.06. The normalized spacial score (nSPS) is 16.5. The van der Waals surface area contributed by atoms with E-state index < -0.39 is 0 Å². The number of carbonyl (C=O) groups excluding carboxylic acids is 1. The Morgan fingerprint density at radius 1 is 0.658 bits per heavy atom. The highest BCUT2D eigenvalue weighted by molar-refractivity contribution is 8.00. The minimum atomic E-state index is -0.00157. The van der Waals surface area contributed by atoms with Crippen LogP contribution in [0.4, 0.5) is 0 Å². The van der Waals surface area contributed by atoms with E-state index in [2.05, 4.69) is 18.2 Å². The maximum Gasteiger partial charge on any atom is 0.246 e. The van der Waals surface area contributed by atoms with Crippen LogP contribution in [0.1, 0.15) is 5.56 Å². The highest BCUT2D eigenvalue weighted by Gasteiger charge is 2.17. The van der Waals surface area contributed by atoms with Gasteiger partial charge >= 0.3 is 0 Å². The summed E-state index contributed by atoms with van der Waals surface area (Å²) in [5, 5.41) is 0. The van der Waals surface area contributed by atoms with Gasteiger partial charge in [-0.25, -0.2) is 0 Å². The van der Waals surface area contributed by atoms with Gasteiger partial charge in [-0.3, -0.25) is 4.79 Å². The van der Waals surface area contributed by atoms with Crippen molar-refractivity contribution in [2.24, 2.45) is 0 Å². The molecule has 3 heterocycles. The molecule has 7 nitrogen and oxygen atoms in total. The Morgan fingerprint density at radius 3 is 1.87 bits per heavy atom. The summed E-state index contributed by atoms with van der Waals surface area (Å²) >= 11 is 3.29. The predicted octanol–water partition coefficient (Wildman–Crippen LogP) is 5.40. The van der Waals surface area contributed by atoms with E-state index in [1.165, 1.54) is 0 Å². The average Bonchev–Trinajstić information content (AvgIpc) is 2.97. The summed E-state index contributed by atoms with van der Waals surface area (Å²) in [6, 6.07) is 18.3. The quantitative estimate of drug-likeness (QED) is 0.379. The summed E-state index contributed by atoms with van der Waals surface area (Å²) in [5.41, 5.74) is 0.970. The maximum atomic E-state index is 12.7. The lowest BCUT2D eigenvalue weighted by Crippen LogP contribution is -2.39. The summed E-state index contributed by atoms with van der Waals surface area (Å²) in [7, 11) is 0. The lowest BCUT2D eigenvalue weighted by atomic mass is 10.2. The summed E-state index contributed by atoms with van der Waals surface area (Å²) in [4.78, 5) is 18.8. The van der Waals surface area contributed by atoms with E-state index in [1.54, 1.807) is 29.6 Å². The van der Waals surface area contributed by atoms with Crippen molar-refractivity contribution in [3.63, 3.8) is 0 Å². The largest absolute Gasteiger partial charge is 0.486 e. The predicted molar refractivity (Wildman–Crippen MR) is 146 cm³/mol. The van der Waals surface area contributed by atoms with E-state index in [1.807, 2.05) is 47.4 Å². The lowest BCUT2D eigenvalue weighted by Gasteiger charge is -2.25. The van der Waals surface area contributed by atoms with Gasteiger partial charge in [-0.1, -0.05) is 29.6 Å². The van der Waals surface area contributed by atoms with Gasteiger partial charge in [-0.15, -0.1) is 0 Å². The van der Waals surface area contributed by atoms with Gasteiger partial charge < -0.3 is 28.6 Å². The fourth-order valence-electron chi connectivity index (χ4n) is 4.29. The third-order valence-electron chi connectivity index (χ3n) is 6.20. The molecule has 3 aromatic carbocycles. The molecule has 0 bridgehead atoms. The third-order valence-corrected chi connectivity index (χ3v) is 8.25. The Kier molecular flexibility index (Phi) is 7.66. The number of amides is 1. The summed E-state index contributed by atoms with van der Waals surface area (Å²) in [6.07, 6.45) is 3.55. The van der Waals surface area contributed by atoms with Crippen LogP contribution in [0.2, 0.25) is 0 Å². The molecular weight excluding hydrogens is 522 g/mol. The standard InChI is InChI=1S/C29H27NO6S2/c31-29(30-9-11-32-12-10-30)8-2-20-1-3-23(37-21-4-6-24-26(17-21)35-15-13-33-24)19-28(20)38-22-5-7-25-27(18-22)36-16-14-34-25/h1-8,17-19H,9-16H2.